The van der Waals surface area contributed by atoms with Gasteiger partial charge in [-0.1, -0.05) is 13.8 Å². The number of rotatable bonds is 10. The summed E-state index contributed by atoms with van der Waals surface area (Å²) in [7, 11) is 0. The van der Waals surface area contributed by atoms with Crippen molar-refractivity contribution in [2.75, 3.05) is 13.2 Å². The normalized spacial score (nSPS) is 12.9. The van der Waals surface area contributed by atoms with Crippen LogP contribution >= 0.6 is 12.4 Å². The van der Waals surface area contributed by atoms with Crippen LogP contribution in [-0.2, 0) is 4.79 Å². The number of nitrogens with one attached hydrogen (secondary N) is 1. The van der Waals surface area contributed by atoms with Crippen molar-refractivity contribution < 1.29 is 14.3 Å². The molecule has 6 heteroatoms. The first kappa shape index (κ1) is 23.4. The molecule has 25 heavy (non-hydrogen) atoms. The highest BCUT2D eigenvalue weighted by atomic mass is 35.5. The molecule has 142 valence electrons. The third-order valence-corrected chi connectivity index (χ3v) is 3.83. The van der Waals surface area contributed by atoms with Crippen molar-refractivity contribution in [3.05, 3.63) is 29.8 Å². The molecule has 0 aliphatic rings. The lowest BCUT2D eigenvalue weighted by Gasteiger charge is -2.31. The number of carbonyl (C=O) groups is 2. The van der Waals surface area contributed by atoms with Gasteiger partial charge in [-0.25, -0.2) is 0 Å². The summed E-state index contributed by atoms with van der Waals surface area (Å²) in [4.78, 5) is 23.3. The number of carbonyl (C=O) groups excluding carboxylic acids is 2. The number of ether oxygens (including phenoxy) is 1. The van der Waals surface area contributed by atoms with Crippen molar-refractivity contribution in [2.24, 2.45) is 11.7 Å². The fraction of sp³-hybridized carbons (Fsp3) is 0.579. The molecule has 0 aliphatic heterocycles. The van der Waals surface area contributed by atoms with Crippen molar-refractivity contribution in [1.29, 1.82) is 0 Å². The Hall–Kier alpha value is -1.59. The first-order valence-corrected chi connectivity index (χ1v) is 8.50. The van der Waals surface area contributed by atoms with Gasteiger partial charge in [0.15, 0.2) is 5.78 Å². The highest BCUT2D eigenvalue weighted by Gasteiger charge is 2.25. The minimum absolute atomic E-state index is 0. The molecule has 0 fully saturated rings. The van der Waals surface area contributed by atoms with E-state index in [1.165, 1.54) is 6.92 Å². The Labute approximate surface area is 157 Å². The Bertz CT molecular complexity index is 546. The molecular weight excluding hydrogens is 340 g/mol. The second-order valence-corrected chi connectivity index (χ2v) is 6.94. The van der Waals surface area contributed by atoms with Gasteiger partial charge in [0.2, 0.25) is 5.91 Å². The summed E-state index contributed by atoms with van der Waals surface area (Å²) in [6.07, 6.45) is 1.88. The van der Waals surface area contributed by atoms with E-state index in [-0.39, 0.29) is 29.6 Å². The van der Waals surface area contributed by atoms with Crippen LogP contribution in [0.25, 0.3) is 0 Å². The molecule has 5 nitrogen and oxygen atoms in total. The quantitative estimate of drug-likeness (QED) is 0.488. The number of benzene rings is 1. The van der Waals surface area contributed by atoms with E-state index >= 15 is 0 Å². The van der Waals surface area contributed by atoms with E-state index < -0.39 is 0 Å². The molecule has 0 aromatic heterocycles. The lowest BCUT2D eigenvalue weighted by molar-refractivity contribution is -0.123. The second-order valence-electron chi connectivity index (χ2n) is 6.94. The zero-order valence-electron chi connectivity index (χ0n) is 15.6. The van der Waals surface area contributed by atoms with Crippen molar-refractivity contribution in [2.45, 2.75) is 52.5 Å². The molecule has 0 saturated heterocycles. The fourth-order valence-electron chi connectivity index (χ4n) is 2.69. The van der Waals surface area contributed by atoms with Crippen LogP contribution in [0.2, 0.25) is 0 Å². The van der Waals surface area contributed by atoms with Crippen LogP contribution in [0.1, 0.15) is 57.3 Å². The van der Waals surface area contributed by atoms with E-state index in [0.29, 0.717) is 43.2 Å². The molecule has 1 aromatic carbocycles. The van der Waals surface area contributed by atoms with Crippen molar-refractivity contribution >= 4 is 24.1 Å². The Morgan fingerprint density at radius 1 is 1.24 bits per heavy atom. The fourth-order valence-corrected chi connectivity index (χ4v) is 2.69. The molecule has 0 bridgehead atoms. The SMILES string of the molecule is CC(=O)c1ccc(OCCCC(=O)NC(C)(CN)CC(C)C)cc1.Cl. The van der Waals surface area contributed by atoms with Gasteiger partial charge in [0.1, 0.15) is 5.75 Å². The summed E-state index contributed by atoms with van der Waals surface area (Å²) in [5, 5.41) is 3.04. The van der Waals surface area contributed by atoms with Gasteiger partial charge in [-0.05, 0) is 56.9 Å². The van der Waals surface area contributed by atoms with Gasteiger partial charge in [-0.3, -0.25) is 9.59 Å². The van der Waals surface area contributed by atoms with E-state index in [4.69, 9.17) is 10.5 Å². The van der Waals surface area contributed by atoms with Gasteiger partial charge in [0, 0.05) is 24.1 Å². The summed E-state index contributed by atoms with van der Waals surface area (Å²) in [5.41, 5.74) is 6.11. The zero-order chi connectivity index (χ0) is 18.2. The summed E-state index contributed by atoms with van der Waals surface area (Å²) in [6, 6.07) is 7.02. The number of amides is 1. The van der Waals surface area contributed by atoms with Crippen LogP contribution in [0.15, 0.2) is 24.3 Å². The topological polar surface area (TPSA) is 81.4 Å². The van der Waals surface area contributed by atoms with Crippen molar-refractivity contribution in [3.63, 3.8) is 0 Å². The number of Topliss-reactive ketones (excluding diaryl/α,β-unsaturated/α-hetero) is 1. The molecule has 3 N–H and O–H groups in total. The first-order valence-electron chi connectivity index (χ1n) is 8.50. The van der Waals surface area contributed by atoms with Crippen LogP contribution in [0.3, 0.4) is 0 Å². The lowest BCUT2D eigenvalue weighted by atomic mass is 9.90. The number of hydrogen-bond acceptors (Lipinski definition) is 4. The number of hydrogen-bond donors (Lipinski definition) is 2. The maximum atomic E-state index is 12.1. The van der Waals surface area contributed by atoms with Crippen molar-refractivity contribution in [3.8, 4) is 5.75 Å². The lowest BCUT2D eigenvalue weighted by Crippen LogP contribution is -2.52. The predicted molar refractivity (Wildman–Crippen MR) is 103 cm³/mol. The average Bonchev–Trinajstić information content (AvgIpc) is 2.51. The van der Waals surface area contributed by atoms with Crippen molar-refractivity contribution in [1.82, 2.24) is 5.32 Å². The van der Waals surface area contributed by atoms with Gasteiger partial charge in [0.05, 0.1) is 6.61 Å². The van der Waals surface area contributed by atoms with Crippen LogP contribution in [-0.4, -0.2) is 30.4 Å². The summed E-state index contributed by atoms with van der Waals surface area (Å²) < 4.78 is 5.60. The average molecular weight is 371 g/mol. The number of halogens is 1. The largest absolute Gasteiger partial charge is 0.494 e. The Kier molecular flexibility index (Phi) is 10.4. The van der Waals surface area contributed by atoms with Crippen LogP contribution < -0.4 is 15.8 Å². The molecule has 1 rings (SSSR count). The summed E-state index contributed by atoms with van der Waals surface area (Å²) in [6.45, 7) is 8.63. The molecule has 1 aromatic rings. The van der Waals surface area contributed by atoms with Gasteiger partial charge < -0.3 is 15.8 Å². The first-order chi connectivity index (χ1) is 11.3. The molecular formula is C19H31ClN2O3. The molecule has 1 amide bonds. The van der Waals surface area contributed by atoms with Gasteiger partial charge in [0.25, 0.3) is 0 Å². The highest BCUT2D eigenvalue weighted by Crippen LogP contribution is 2.16. The Morgan fingerprint density at radius 2 is 1.84 bits per heavy atom. The highest BCUT2D eigenvalue weighted by molar-refractivity contribution is 5.94. The summed E-state index contributed by atoms with van der Waals surface area (Å²) >= 11 is 0. The van der Waals surface area contributed by atoms with E-state index in [1.807, 2.05) is 6.92 Å². The minimum Gasteiger partial charge on any atom is -0.494 e. The smallest absolute Gasteiger partial charge is 0.220 e. The molecule has 0 heterocycles. The maximum Gasteiger partial charge on any atom is 0.220 e. The Morgan fingerprint density at radius 3 is 2.32 bits per heavy atom. The zero-order valence-corrected chi connectivity index (χ0v) is 16.4. The van der Waals surface area contributed by atoms with Crippen LogP contribution in [0.4, 0.5) is 0 Å². The van der Waals surface area contributed by atoms with Gasteiger partial charge in [-0.2, -0.15) is 0 Å². The maximum absolute atomic E-state index is 12.1. The number of ketones is 1. The van der Waals surface area contributed by atoms with Gasteiger partial charge in [-0.15, -0.1) is 12.4 Å². The third kappa shape index (κ3) is 8.89. The molecule has 0 aliphatic carbocycles. The third-order valence-electron chi connectivity index (χ3n) is 3.83. The summed E-state index contributed by atoms with van der Waals surface area (Å²) in [5.74, 6) is 1.20. The molecule has 0 saturated carbocycles. The second kappa shape index (κ2) is 11.1. The standard InChI is InChI=1S/C19H30N2O3.ClH/c1-14(2)12-19(4,13-20)21-18(23)6-5-11-24-17-9-7-16(8-10-17)15(3)22;/h7-10,14H,5-6,11-13,20H2,1-4H3,(H,21,23);1H. The molecule has 0 radical (unpaired) electrons. The Balaban J connectivity index is 0.00000576. The van der Waals surface area contributed by atoms with Crippen LogP contribution in [0.5, 0.6) is 5.75 Å². The monoisotopic (exact) mass is 370 g/mol. The van der Waals surface area contributed by atoms with Gasteiger partial charge >= 0.3 is 0 Å². The van der Waals surface area contributed by atoms with E-state index in [1.54, 1.807) is 24.3 Å². The van der Waals surface area contributed by atoms with E-state index in [9.17, 15) is 9.59 Å². The molecule has 1 unspecified atom stereocenters. The minimum atomic E-state index is -0.353. The molecule has 0 spiro atoms. The van der Waals surface area contributed by atoms with E-state index in [2.05, 4.69) is 19.2 Å². The van der Waals surface area contributed by atoms with E-state index in [0.717, 1.165) is 6.42 Å². The van der Waals surface area contributed by atoms with Crippen LogP contribution in [0, 0.1) is 5.92 Å². The predicted octanol–water partition coefficient (Wildman–Crippen LogP) is 3.35. The molecule has 1 atom stereocenters. The number of nitrogens with two attached hydrogens (primary N) is 1.